The van der Waals surface area contributed by atoms with Crippen molar-refractivity contribution in [3.8, 4) is 23.0 Å². The summed E-state index contributed by atoms with van der Waals surface area (Å²) in [6.07, 6.45) is 3.21. The van der Waals surface area contributed by atoms with Crippen LogP contribution in [0.3, 0.4) is 0 Å². The fourth-order valence-electron chi connectivity index (χ4n) is 3.33. The molecule has 0 aliphatic carbocycles. The van der Waals surface area contributed by atoms with E-state index in [0.29, 0.717) is 40.7 Å². The van der Waals surface area contributed by atoms with Crippen molar-refractivity contribution in [2.24, 2.45) is 0 Å². The molecule has 1 heterocycles. The number of methoxy groups -OCH3 is 4. The number of benzene rings is 2. The van der Waals surface area contributed by atoms with Gasteiger partial charge in [-0.1, -0.05) is 12.1 Å². The molecule has 0 aromatic heterocycles. The number of Topliss-reactive ketones (excluding diaryl/α,β-unsaturated/α-hetero) is 1. The van der Waals surface area contributed by atoms with E-state index in [1.165, 1.54) is 0 Å². The number of hydrogen-bond donors (Lipinski definition) is 0. The highest BCUT2D eigenvalue weighted by atomic mass is 16.9. The highest BCUT2D eigenvalue weighted by molar-refractivity contribution is 6.11. The van der Waals surface area contributed by atoms with Gasteiger partial charge in [0.25, 0.3) is 5.78 Å². The van der Waals surface area contributed by atoms with Crippen molar-refractivity contribution in [1.82, 2.24) is 0 Å². The molecule has 0 N–H and O–H groups in total. The van der Waals surface area contributed by atoms with E-state index in [2.05, 4.69) is 0 Å². The molecule has 8 heteroatoms. The van der Waals surface area contributed by atoms with E-state index >= 15 is 0 Å². The Kier molecular flexibility index (Phi) is 7.50. The first-order valence-corrected chi connectivity index (χ1v) is 10.3. The Morgan fingerprint density at radius 3 is 1.55 bits per heavy atom. The Labute approximate surface area is 193 Å². The van der Waals surface area contributed by atoms with Gasteiger partial charge >= 0.3 is 5.97 Å². The van der Waals surface area contributed by atoms with Crippen molar-refractivity contribution in [2.45, 2.75) is 19.8 Å². The molecule has 0 saturated carbocycles. The monoisotopic (exact) mass is 456 g/mol. The molecular formula is C25H28O8. The minimum absolute atomic E-state index is 0.0659. The lowest BCUT2D eigenvalue weighted by molar-refractivity contribution is -0.343. The molecule has 0 bridgehead atoms. The largest absolute Gasteiger partial charge is 0.493 e. The predicted molar refractivity (Wildman–Crippen MR) is 122 cm³/mol. The van der Waals surface area contributed by atoms with Gasteiger partial charge in [-0.3, -0.25) is 4.79 Å². The van der Waals surface area contributed by atoms with E-state index in [0.717, 1.165) is 0 Å². The molecule has 176 valence electrons. The van der Waals surface area contributed by atoms with E-state index in [4.69, 9.17) is 33.2 Å². The number of carbonyl (C=O) groups is 1. The van der Waals surface area contributed by atoms with Crippen LogP contribution >= 0.6 is 0 Å². The number of carbonyl (C=O) groups excluding carboxylic acids is 1. The summed E-state index contributed by atoms with van der Waals surface area (Å²) in [5.74, 6) is 0.427. The quantitative estimate of drug-likeness (QED) is 0.540. The van der Waals surface area contributed by atoms with Crippen molar-refractivity contribution in [1.29, 1.82) is 0 Å². The van der Waals surface area contributed by atoms with Gasteiger partial charge in [-0.15, -0.1) is 0 Å². The Morgan fingerprint density at radius 1 is 0.758 bits per heavy atom. The summed E-state index contributed by atoms with van der Waals surface area (Å²) < 4.78 is 38.5. The average molecular weight is 456 g/mol. The van der Waals surface area contributed by atoms with Gasteiger partial charge in [0.1, 0.15) is 0 Å². The van der Waals surface area contributed by atoms with Crippen LogP contribution in [0.1, 0.15) is 25.0 Å². The molecule has 0 unspecified atom stereocenters. The number of rotatable bonds is 8. The Bertz CT molecular complexity index is 993. The molecule has 0 atom stereocenters. The molecule has 0 spiro atoms. The van der Waals surface area contributed by atoms with Crippen LogP contribution in [0.25, 0.3) is 12.2 Å². The first-order valence-electron chi connectivity index (χ1n) is 10.3. The zero-order valence-corrected chi connectivity index (χ0v) is 19.6. The van der Waals surface area contributed by atoms with Crippen LogP contribution in [-0.2, 0) is 19.0 Å². The molecule has 1 aliphatic heterocycles. The summed E-state index contributed by atoms with van der Waals surface area (Å²) in [7, 11) is 6.20. The second kappa shape index (κ2) is 10.3. The summed E-state index contributed by atoms with van der Waals surface area (Å²) >= 11 is 0. The van der Waals surface area contributed by atoms with Crippen LogP contribution in [0.5, 0.6) is 23.0 Å². The molecular weight excluding hydrogens is 428 g/mol. The van der Waals surface area contributed by atoms with Crippen LogP contribution in [0.4, 0.5) is 0 Å². The number of hydrogen-bond acceptors (Lipinski definition) is 8. The lowest BCUT2D eigenvalue weighted by Gasteiger charge is -2.35. The van der Waals surface area contributed by atoms with E-state index in [9.17, 15) is 4.79 Å². The van der Waals surface area contributed by atoms with Crippen molar-refractivity contribution < 1.29 is 38.0 Å². The van der Waals surface area contributed by atoms with Crippen molar-refractivity contribution >= 4 is 17.9 Å². The van der Waals surface area contributed by atoms with Crippen LogP contribution in [0.2, 0.25) is 0 Å². The van der Waals surface area contributed by atoms with E-state index < -0.39 is 11.8 Å². The van der Waals surface area contributed by atoms with Gasteiger partial charge in [0, 0.05) is 6.92 Å². The molecule has 8 nitrogen and oxygen atoms in total. The Hall–Kier alpha value is -3.65. The number of ketones is 1. The van der Waals surface area contributed by atoms with Crippen molar-refractivity contribution in [2.75, 3.05) is 35.0 Å². The Balaban J connectivity index is 2.03. The predicted octanol–water partition coefficient (Wildman–Crippen LogP) is 4.43. The summed E-state index contributed by atoms with van der Waals surface area (Å²) in [6, 6.07) is 10.6. The molecule has 2 aromatic carbocycles. The van der Waals surface area contributed by atoms with E-state index in [1.807, 2.05) is 6.92 Å². The van der Waals surface area contributed by atoms with Crippen LogP contribution in [0.15, 0.2) is 47.9 Å². The highest BCUT2D eigenvalue weighted by Crippen LogP contribution is 2.35. The van der Waals surface area contributed by atoms with Gasteiger partial charge in [0.2, 0.25) is 0 Å². The molecule has 1 saturated heterocycles. The summed E-state index contributed by atoms with van der Waals surface area (Å²) in [5, 5.41) is 0. The minimum Gasteiger partial charge on any atom is -0.493 e. The fraction of sp³-hybridized carbons (Fsp3) is 0.320. The summed E-state index contributed by atoms with van der Waals surface area (Å²) in [4.78, 5) is 13.2. The summed E-state index contributed by atoms with van der Waals surface area (Å²) in [5.41, 5.74) is 1.37. The molecule has 3 rings (SSSR count). The smallest absolute Gasteiger partial charge is 0.368 e. The molecule has 1 fully saturated rings. The molecule has 1 aliphatic rings. The standard InChI is InChI=1S/C25H28O8/c1-7-31-25(2)32-22(14-16-8-10-18(27-3)20(12-16)29-5)24(26)23(33-25)15-17-9-11-19(28-4)21(13-17)30-6/h8-15H,7H2,1-6H3/b22-14-,23-15-. The summed E-state index contributed by atoms with van der Waals surface area (Å²) in [6.45, 7) is 3.73. The second-order valence-electron chi connectivity index (χ2n) is 7.07. The third kappa shape index (κ3) is 5.40. The van der Waals surface area contributed by atoms with Crippen LogP contribution in [0, 0.1) is 0 Å². The van der Waals surface area contributed by atoms with Crippen molar-refractivity contribution in [3.05, 3.63) is 59.0 Å². The third-order valence-corrected chi connectivity index (χ3v) is 4.86. The first kappa shape index (κ1) is 24.0. The van der Waals surface area contributed by atoms with Crippen LogP contribution < -0.4 is 18.9 Å². The molecule has 33 heavy (non-hydrogen) atoms. The first-order chi connectivity index (χ1) is 15.9. The third-order valence-electron chi connectivity index (χ3n) is 4.86. The van der Waals surface area contributed by atoms with Crippen LogP contribution in [-0.4, -0.2) is 46.8 Å². The normalized spacial score (nSPS) is 20.2. The van der Waals surface area contributed by atoms with Gasteiger partial charge in [0.15, 0.2) is 34.5 Å². The highest BCUT2D eigenvalue weighted by Gasteiger charge is 2.41. The van der Waals surface area contributed by atoms with E-state index in [1.54, 1.807) is 83.9 Å². The fourth-order valence-corrected chi connectivity index (χ4v) is 3.33. The lowest BCUT2D eigenvalue weighted by atomic mass is 10.1. The average Bonchev–Trinajstić information content (AvgIpc) is 2.81. The zero-order valence-electron chi connectivity index (χ0n) is 19.6. The van der Waals surface area contributed by atoms with Gasteiger partial charge in [-0.2, -0.15) is 0 Å². The van der Waals surface area contributed by atoms with E-state index in [-0.39, 0.29) is 11.5 Å². The van der Waals surface area contributed by atoms with Crippen molar-refractivity contribution in [3.63, 3.8) is 0 Å². The SMILES string of the molecule is CCOC1(C)O/C(=C\c2ccc(OC)c(OC)c2)C(=O)/C(=C/c2ccc(OC)c(OC)c2)O1. The van der Waals surface area contributed by atoms with Gasteiger partial charge in [-0.25, -0.2) is 0 Å². The minimum atomic E-state index is -1.48. The maximum atomic E-state index is 13.2. The zero-order chi connectivity index (χ0) is 24.0. The van der Waals surface area contributed by atoms with Gasteiger partial charge < -0.3 is 33.2 Å². The topological polar surface area (TPSA) is 81.7 Å². The molecule has 0 radical (unpaired) electrons. The molecule has 2 aromatic rings. The Morgan fingerprint density at radius 2 is 1.18 bits per heavy atom. The van der Waals surface area contributed by atoms with Gasteiger partial charge in [-0.05, 0) is 54.5 Å². The lowest BCUT2D eigenvalue weighted by Crippen LogP contribution is -2.42. The van der Waals surface area contributed by atoms with Gasteiger partial charge in [0.05, 0.1) is 35.0 Å². The maximum absolute atomic E-state index is 13.2. The maximum Gasteiger partial charge on any atom is 0.368 e. The second-order valence-corrected chi connectivity index (χ2v) is 7.07. The molecule has 0 amide bonds. The number of ether oxygens (including phenoxy) is 7.